The Hall–Kier alpha value is -2.49. The van der Waals surface area contributed by atoms with E-state index in [1.165, 1.54) is 6.08 Å². The van der Waals surface area contributed by atoms with Crippen molar-refractivity contribution in [2.45, 2.75) is 13.1 Å². The lowest BCUT2D eigenvalue weighted by molar-refractivity contribution is -0.173. The molecule has 0 saturated carbocycles. The normalized spacial score (nSPS) is 16.3. The molecule has 6 nitrogen and oxygen atoms in total. The molecule has 10 heteroatoms. The zero-order chi connectivity index (χ0) is 19.3. The Morgan fingerprint density at radius 2 is 1.92 bits per heavy atom. The maximum absolute atomic E-state index is 12.2. The van der Waals surface area contributed by atoms with E-state index in [0.717, 1.165) is 4.90 Å². The number of benzene rings is 1. The average Bonchev–Trinajstić information content (AvgIpc) is 2.83. The van der Waals surface area contributed by atoms with Crippen LogP contribution >= 0.6 is 11.8 Å². The Kier molecular flexibility index (Phi) is 6.30. The molecule has 1 heterocycles. The van der Waals surface area contributed by atoms with Crippen molar-refractivity contribution in [3.8, 4) is 5.75 Å². The largest absolute Gasteiger partial charge is 0.494 e. The van der Waals surface area contributed by atoms with E-state index in [2.05, 4.69) is 0 Å². The quantitative estimate of drug-likeness (QED) is 0.759. The first-order valence-electron chi connectivity index (χ1n) is 7.55. The highest BCUT2D eigenvalue weighted by Gasteiger charge is 2.39. The molecule has 0 aromatic heterocycles. The van der Waals surface area contributed by atoms with Crippen molar-refractivity contribution in [2.24, 2.45) is 0 Å². The van der Waals surface area contributed by atoms with Gasteiger partial charge in [0.15, 0.2) is 0 Å². The van der Waals surface area contributed by atoms with Gasteiger partial charge in [0.25, 0.3) is 11.1 Å². The Balaban J connectivity index is 1.98. The number of carbonyl (C=O) groups excluding carboxylic acids is 3. The van der Waals surface area contributed by atoms with Gasteiger partial charge in [-0.15, -0.1) is 0 Å². The zero-order valence-electron chi connectivity index (χ0n) is 13.6. The van der Waals surface area contributed by atoms with Gasteiger partial charge in [-0.2, -0.15) is 13.2 Å². The van der Waals surface area contributed by atoms with E-state index in [4.69, 9.17) is 4.74 Å². The fraction of sp³-hybridized carbons (Fsp3) is 0.312. The first-order valence-corrected chi connectivity index (χ1v) is 8.37. The van der Waals surface area contributed by atoms with Crippen molar-refractivity contribution in [1.29, 1.82) is 0 Å². The van der Waals surface area contributed by atoms with Gasteiger partial charge in [0.05, 0.1) is 11.5 Å². The fourth-order valence-corrected chi connectivity index (χ4v) is 2.92. The maximum atomic E-state index is 12.2. The summed E-state index contributed by atoms with van der Waals surface area (Å²) in [5.41, 5.74) is 0.671. The van der Waals surface area contributed by atoms with Crippen LogP contribution in [0.2, 0.25) is 0 Å². The van der Waals surface area contributed by atoms with E-state index >= 15 is 0 Å². The average molecular weight is 388 g/mol. The molecule has 0 atom stereocenters. The van der Waals surface area contributed by atoms with Crippen LogP contribution in [0.5, 0.6) is 5.75 Å². The Morgan fingerprint density at radius 3 is 2.50 bits per heavy atom. The first-order chi connectivity index (χ1) is 12.2. The second-order valence-electron chi connectivity index (χ2n) is 5.09. The third-order valence-corrected chi connectivity index (χ3v) is 4.15. The molecule has 1 aliphatic rings. The molecular formula is C16H15F3N2O4S. The highest BCUT2D eigenvalue weighted by Crippen LogP contribution is 2.32. The number of alkyl halides is 3. The highest BCUT2D eigenvalue weighted by molar-refractivity contribution is 8.18. The highest BCUT2D eigenvalue weighted by atomic mass is 32.2. The van der Waals surface area contributed by atoms with E-state index < -0.39 is 29.8 Å². The van der Waals surface area contributed by atoms with Crippen molar-refractivity contribution < 1.29 is 32.3 Å². The summed E-state index contributed by atoms with van der Waals surface area (Å²) in [5.74, 6) is -2.07. The van der Waals surface area contributed by atoms with E-state index in [0.29, 0.717) is 29.7 Å². The second-order valence-corrected chi connectivity index (χ2v) is 6.08. The number of hydrogen-bond donors (Lipinski definition) is 1. The van der Waals surface area contributed by atoms with Crippen LogP contribution in [0.4, 0.5) is 18.0 Å². The predicted molar refractivity (Wildman–Crippen MR) is 89.4 cm³/mol. The summed E-state index contributed by atoms with van der Waals surface area (Å²) in [4.78, 5) is 35.8. The van der Waals surface area contributed by atoms with Gasteiger partial charge in [-0.1, -0.05) is 12.1 Å². The van der Waals surface area contributed by atoms with Crippen LogP contribution in [0.3, 0.4) is 0 Å². The number of hydrogen-bond acceptors (Lipinski definition) is 5. The molecule has 0 spiro atoms. The molecule has 3 amide bonds. The number of thioether (sulfide) groups is 1. The molecule has 0 unspecified atom stereocenters. The molecule has 0 bridgehead atoms. The molecule has 1 aliphatic heterocycles. The summed E-state index contributed by atoms with van der Waals surface area (Å²) in [5, 5.41) is 1.02. The minimum absolute atomic E-state index is 0.154. The van der Waals surface area contributed by atoms with Crippen molar-refractivity contribution in [3.05, 3.63) is 34.7 Å². The van der Waals surface area contributed by atoms with Gasteiger partial charge in [0.1, 0.15) is 5.75 Å². The number of halogens is 3. The van der Waals surface area contributed by atoms with E-state index in [1.807, 2.05) is 6.92 Å². The number of nitrogens with one attached hydrogen (secondary N) is 1. The monoisotopic (exact) mass is 388 g/mol. The molecule has 0 aliphatic carbocycles. The van der Waals surface area contributed by atoms with Crippen molar-refractivity contribution in [1.82, 2.24) is 10.2 Å². The third-order valence-electron chi connectivity index (χ3n) is 3.24. The van der Waals surface area contributed by atoms with Crippen LogP contribution < -0.4 is 10.1 Å². The molecule has 1 aromatic rings. The van der Waals surface area contributed by atoms with E-state index in [-0.39, 0.29) is 11.4 Å². The number of nitrogens with zero attached hydrogens (tertiary/aromatic N) is 1. The van der Waals surface area contributed by atoms with Crippen LogP contribution in [0.15, 0.2) is 29.2 Å². The van der Waals surface area contributed by atoms with Crippen molar-refractivity contribution >= 4 is 34.9 Å². The molecule has 1 saturated heterocycles. The standard InChI is InChI=1S/C16H15F3N2O4S/c1-2-25-11-5-3-10(4-6-11)9-12-13(22)21(15(24)26-12)8-7-20-14(23)16(17,18)19/h3-6,9H,2,7-8H2,1H3,(H,20,23). The van der Waals surface area contributed by atoms with Crippen LogP contribution in [-0.4, -0.2) is 47.8 Å². The van der Waals surface area contributed by atoms with E-state index in [1.54, 1.807) is 29.6 Å². The fourth-order valence-electron chi connectivity index (χ4n) is 2.05. The first kappa shape index (κ1) is 19.8. The minimum Gasteiger partial charge on any atom is -0.494 e. The third kappa shape index (κ3) is 5.01. The van der Waals surface area contributed by atoms with Gasteiger partial charge in [0.2, 0.25) is 0 Å². The van der Waals surface area contributed by atoms with Crippen LogP contribution in [0.25, 0.3) is 6.08 Å². The van der Waals surface area contributed by atoms with Crippen LogP contribution in [0, 0.1) is 0 Å². The van der Waals surface area contributed by atoms with Gasteiger partial charge in [-0.05, 0) is 42.5 Å². The van der Waals surface area contributed by atoms with Gasteiger partial charge in [-0.25, -0.2) is 0 Å². The number of ether oxygens (including phenoxy) is 1. The van der Waals surface area contributed by atoms with Gasteiger partial charge in [0, 0.05) is 13.1 Å². The SMILES string of the molecule is CCOc1ccc(C=C2SC(=O)N(CCNC(=O)C(F)(F)F)C2=O)cc1. The number of carbonyl (C=O) groups is 3. The van der Waals surface area contributed by atoms with Gasteiger partial charge < -0.3 is 10.1 Å². The molecule has 0 radical (unpaired) electrons. The lowest BCUT2D eigenvalue weighted by atomic mass is 10.2. The Morgan fingerprint density at radius 1 is 1.27 bits per heavy atom. The topological polar surface area (TPSA) is 75.7 Å². The summed E-state index contributed by atoms with van der Waals surface area (Å²) in [7, 11) is 0. The maximum Gasteiger partial charge on any atom is 0.471 e. The number of rotatable bonds is 6. The van der Waals surface area contributed by atoms with Crippen molar-refractivity contribution in [3.63, 3.8) is 0 Å². The molecule has 140 valence electrons. The lowest BCUT2D eigenvalue weighted by Crippen LogP contribution is -2.42. The molecule has 2 rings (SSSR count). The van der Waals surface area contributed by atoms with Gasteiger partial charge in [-0.3, -0.25) is 19.3 Å². The summed E-state index contributed by atoms with van der Waals surface area (Å²) in [6, 6.07) is 6.85. The number of imide groups is 1. The minimum atomic E-state index is -5.01. The zero-order valence-corrected chi connectivity index (χ0v) is 14.4. The number of amides is 3. The predicted octanol–water partition coefficient (Wildman–Crippen LogP) is 2.80. The second kappa shape index (κ2) is 8.26. The molecule has 1 aromatic carbocycles. The van der Waals surface area contributed by atoms with Crippen LogP contribution in [0.1, 0.15) is 12.5 Å². The van der Waals surface area contributed by atoms with Crippen molar-refractivity contribution in [2.75, 3.05) is 19.7 Å². The molecular weight excluding hydrogens is 373 g/mol. The summed E-state index contributed by atoms with van der Waals surface area (Å²) in [6.45, 7) is 1.55. The lowest BCUT2D eigenvalue weighted by Gasteiger charge is -2.13. The summed E-state index contributed by atoms with van der Waals surface area (Å²) in [6.07, 6.45) is -3.50. The molecule has 1 N–H and O–H groups in total. The smallest absolute Gasteiger partial charge is 0.471 e. The van der Waals surface area contributed by atoms with E-state index in [9.17, 15) is 27.6 Å². The molecule has 26 heavy (non-hydrogen) atoms. The van der Waals surface area contributed by atoms with Gasteiger partial charge >= 0.3 is 12.1 Å². The Bertz CT molecular complexity index is 732. The summed E-state index contributed by atoms with van der Waals surface area (Å²) < 4.78 is 41.6. The molecule has 1 fully saturated rings. The summed E-state index contributed by atoms with van der Waals surface area (Å²) >= 11 is 0.688. The van der Waals surface area contributed by atoms with Crippen LogP contribution in [-0.2, 0) is 9.59 Å². The Labute approximate surface area is 151 Å².